The summed E-state index contributed by atoms with van der Waals surface area (Å²) in [5.41, 5.74) is 2.20. The second-order valence-electron chi connectivity index (χ2n) is 6.08. The Morgan fingerprint density at radius 2 is 1.75 bits per heavy atom. The van der Waals surface area contributed by atoms with Crippen LogP contribution in [0.15, 0.2) is 24.3 Å². The largest absolute Gasteiger partial charge is 0.458 e. The van der Waals surface area contributed by atoms with Crippen molar-refractivity contribution in [1.29, 1.82) is 0 Å². The van der Waals surface area contributed by atoms with Crippen LogP contribution in [0.2, 0.25) is 0 Å². The zero-order valence-electron chi connectivity index (χ0n) is 13.1. The number of ether oxygens (including phenoxy) is 2. The van der Waals surface area contributed by atoms with E-state index >= 15 is 0 Å². The van der Waals surface area contributed by atoms with E-state index in [9.17, 15) is 4.79 Å². The summed E-state index contributed by atoms with van der Waals surface area (Å²) in [5, 5.41) is 0. The molecule has 0 saturated heterocycles. The average molecular weight is 278 g/mol. The van der Waals surface area contributed by atoms with Crippen LogP contribution < -0.4 is 0 Å². The van der Waals surface area contributed by atoms with E-state index in [1.54, 1.807) is 0 Å². The Balaban J connectivity index is 2.05. The minimum atomic E-state index is -0.439. The molecule has 3 nitrogen and oxygen atoms in total. The Morgan fingerprint density at radius 1 is 1.10 bits per heavy atom. The first kappa shape index (κ1) is 16.7. The maximum atomic E-state index is 11.4. The van der Waals surface area contributed by atoms with Crippen molar-refractivity contribution >= 4 is 5.97 Å². The number of carbonyl (C=O) groups excluding carboxylic acids is 1. The standard InChI is InChI=1S/C17H26O3/c1-14-8-10-15(11-9-14)7-5-6-12-19-13-16(18)20-17(2,3)4/h8-11H,5-7,12-13H2,1-4H3. The lowest BCUT2D eigenvalue weighted by Crippen LogP contribution is -2.26. The molecule has 0 radical (unpaired) electrons. The highest BCUT2D eigenvalue weighted by atomic mass is 16.6. The fraction of sp³-hybridized carbons (Fsp3) is 0.588. The van der Waals surface area contributed by atoms with Gasteiger partial charge in [-0.15, -0.1) is 0 Å². The molecule has 20 heavy (non-hydrogen) atoms. The molecule has 0 atom stereocenters. The third-order valence-corrected chi connectivity index (χ3v) is 2.76. The summed E-state index contributed by atoms with van der Waals surface area (Å²) in [4.78, 5) is 11.4. The summed E-state index contributed by atoms with van der Waals surface area (Å²) < 4.78 is 10.5. The van der Waals surface area contributed by atoms with Crippen molar-refractivity contribution in [2.24, 2.45) is 0 Å². The average Bonchev–Trinajstić information content (AvgIpc) is 2.33. The number of hydrogen-bond donors (Lipinski definition) is 0. The summed E-state index contributed by atoms with van der Waals surface area (Å²) >= 11 is 0. The van der Waals surface area contributed by atoms with Crippen molar-refractivity contribution in [3.63, 3.8) is 0 Å². The predicted molar refractivity (Wildman–Crippen MR) is 80.8 cm³/mol. The monoisotopic (exact) mass is 278 g/mol. The maximum Gasteiger partial charge on any atom is 0.332 e. The first-order chi connectivity index (χ1) is 9.37. The molecule has 0 aliphatic rings. The maximum absolute atomic E-state index is 11.4. The molecule has 1 aromatic rings. The highest BCUT2D eigenvalue weighted by Gasteiger charge is 2.15. The van der Waals surface area contributed by atoms with Crippen molar-refractivity contribution in [2.75, 3.05) is 13.2 Å². The molecule has 0 spiro atoms. The summed E-state index contributed by atoms with van der Waals surface area (Å²) in [6.07, 6.45) is 3.07. The zero-order chi connectivity index (χ0) is 15.0. The van der Waals surface area contributed by atoms with Gasteiger partial charge in [0.25, 0.3) is 0 Å². The van der Waals surface area contributed by atoms with Gasteiger partial charge in [-0.3, -0.25) is 0 Å². The van der Waals surface area contributed by atoms with Gasteiger partial charge in [-0.2, -0.15) is 0 Å². The molecule has 0 fully saturated rings. The molecule has 0 N–H and O–H groups in total. The molecule has 0 aliphatic heterocycles. The molecule has 3 heteroatoms. The molecule has 1 aromatic carbocycles. The number of carbonyl (C=O) groups is 1. The molecule has 0 bridgehead atoms. The number of unbranched alkanes of at least 4 members (excludes halogenated alkanes) is 1. The van der Waals surface area contributed by atoms with E-state index in [-0.39, 0.29) is 12.6 Å². The Bertz CT molecular complexity index is 401. The quantitative estimate of drug-likeness (QED) is 0.564. The van der Waals surface area contributed by atoms with Gasteiger partial charge in [0.05, 0.1) is 0 Å². The van der Waals surface area contributed by atoms with Gasteiger partial charge >= 0.3 is 5.97 Å². The van der Waals surface area contributed by atoms with Crippen molar-refractivity contribution in [1.82, 2.24) is 0 Å². The van der Waals surface area contributed by atoms with E-state index in [0.29, 0.717) is 6.61 Å². The molecule has 0 amide bonds. The smallest absolute Gasteiger partial charge is 0.332 e. The van der Waals surface area contributed by atoms with Crippen LogP contribution in [0, 0.1) is 6.92 Å². The van der Waals surface area contributed by atoms with Crippen LogP contribution in [0.1, 0.15) is 44.7 Å². The molecular formula is C17H26O3. The normalized spacial score (nSPS) is 11.4. The molecule has 0 aromatic heterocycles. The van der Waals surface area contributed by atoms with Crippen LogP contribution in [0.4, 0.5) is 0 Å². The van der Waals surface area contributed by atoms with Gasteiger partial charge in [0, 0.05) is 6.61 Å². The molecule has 0 saturated carbocycles. The lowest BCUT2D eigenvalue weighted by molar-refractivity contribution is -0.160. The first-order valence-electron chi connectivity index (χ1n) is 7.22. The van der Waals surface area contributed by atoms with Crippen LogP contribution in [-0.4, -0.2) is 24.8 Å². The molecule has 0 aliphatic carbocycles. The van der Waals surface area contributed by atoms with Gasteiger partial charge in [-0.05, 0) is 52.5 Å². The number of benzene rings is 1. The number of esters is 1. The number of aryl methyl sites for hydroxylation is 2. The summed E-state index contributed by atoms with van der Waals surface area (Å²) in [7, 11) is 0. The molecule has 1 rings (SSSR count). The van der Waals surface area contributed by atoms with Gasteiger partial charge in [-0.1, -0.05) is 29.8 Å². The van der Waals surface area contributed by atoms with Crippen molar-refractivity contribution < 1.29 is 14.3 Å². The van der Waals surface area contributed by atoms with Crippen LogP contribution in [0.5, 0.6) is 0 Å². The Hall–Kier alpha value is -1.35. The summed E-state index contributed by atoms with van der Waals surface area (Å²) in [5.74, 6) is -0.295. The third-order valence-electron chi connectivity index (χ3n) is 2.76. The fourth-order valence-electron chi connectivity index (χ4n) is 1.81. The van der Waals surface area contributed by atoms with E-state index in [4.69, 9.17) is 9.47 Å². The molecule has 0 heterocycles. The SMILES string of the molecule is Cc1ccc(CCCCOCC(=O)OC(C)(C)C)cc1. The van der Waals surface area contributed by atoms with Gasteiger partial charge < -0.3 is 9.47 Å². The van der Waals surface area contributed by atoms with E-state index in [1.807, 2.05) is 20.8 Å². The predicted octanol–water partition coefficient (Wildman–Crippen LogP) is 3.68. The lowest BCUT2D eigenvalue weighted by atomic mass is 10.1. The van der Waals surface area contributed by atoms with E-state index in [1.165, 1.54) is 11.1 Å². The van der Waals surface area contributed by atoms with Gasteiger partial charge in [0.1, 0.15) is 12.2 Å². The number of hydrogen-bond acceptors (Lipinski definition) is 3. The van der Waals surface area contributed by atoms with E-state index in [2.05, 4.69) is 31.2 Å². The summed E-state index contributed by atoms with van der Waals surface area (Å²) in [6.45, 7) is 8.30. The van der Waals surface area contributed by atoms with Crippen molar-refractivity contribution in [2.45, 2.75) is 52.6 Å². The van der Waals surface area contributed by atoms with Crippen LogP contribution in [0.3, 0.4) is 0 Å². The Labute approximate surface area is 122 Å². The van der Waals surface area contributed by atoms with Crippen LogP contribution in [-0.2, 0) is 20.7 Å². The van der Waals surface area contributed by atoms with Gasteiger partial charge in [-0.25, -0.2) is 4.79 Å². The second-order valence-corrected chi connectivity index (χ2v) is 6.08. The lowest BCUT2D eigenvalue weighted by Gasteiger charge is -2.19. The van der Waals surface area contributed by atoms with Crippen molar-refractivity contribution in [3.05, 3.63) is 35.4 Å². The minimum absolute atomic E-state index is 0.0435. The van der Waals surface area contributed by atoms with Crippen LogP contribution in [0.25, 0.3) is 0 Å². The van der Waals surface area contributed by atoms with E-state index in [0.717, 1.165) is 19.3 Å². The topological polar surface area (TPSA) is 35.5 Å². The molecular weight excluding hydrogens is 252 g/mol. The number of rotatable bonds is 7. The fourth-order valence-corrected chi connectivity index (χ4v) is 1.81. The molecule has 112 valence electrons. The van der Waals surface area contributed by atoms with E-state index < -0.39 is 5.60 Å². The second kappa shape index (κ2) is 8.05. The highest BCUT2D eigenvalue weighted by Crippen LogP contribution is 2.08. The molecule has 0 unspecified atom stereocenters. The minimum Gasteiger partial charge on any atom is -0.458 e. The van der Waals surface area contributed by atoms with Gasteiger partial charge in [0.2, 0.25) is 0 Å². The first-order valence-corrected chi connectivity index (χ1v) is 7.22. The zero-order valence-corrected chi connectivity index (χ0v) is 13.1. The van der Waals surface area contributed by atoms with Crippen molar-refractivity contribution in [3.8, 4) is 0 Å². The summed E-state index contributed by atoms with van der Waals surface area (Å²) in [6, 6.07) is 8.59. The Kier molecular flexibility index (Phi) is 6.73. The highest BCUT2D eigenvalue weighted by molar-refractivity contribution is 5.71. The third kappa shape index (κ3) is 7.95. The van der Waals surface area contributed by atoms with Gasteiger partial charge in [0.15, 0.2) is 0 Å². The Morgan fingerprint density at radius 3 is 2.35 bits per heavy atom. The van der Waals surface area contributed by atoms with Crippen LogP contribution >= 0.6 is 0 Å².